The zero-order chi connectivity index (χ0) is 19.4. The van der Waals surface area contributed by atoms with Gasteiger partial charge in [-0.15, -0.1) is 11.8 Å². The van der Waals surface area contributed by atoms with Crippen molar-refractivity contribution in [1.82, 2.24) is 9.13 Å². The lowest BCUT2D eigenvalue weighted by atomic mass is 10.1. The second-order valence-corrected chi connectivity index (χ2v) is 7.03. The molecule has 0 amide bonds. The molecular formula is C21H21N3O2S. The van der Waals surface area contributed by atoms with Crippen molar-refractivity contribution >= 4 is 18.5 Å². The van der Waals surface area contributed by atoms with E-state index in [4.69, 9.17) is 0 Å². The maximum Gasteiger partial charge on any atom is 0.336 e. The number of thioether (sulfide) groups is 1. The lowest BCUT2D eigenvalue weighted by Gasteiger charge is -2.16. The third kappa shape index (κ3) is 3.95. The summed E-state index contributed by atoms with van der Waals surface area (Å²) in [6, 6.07) is 17.0. The minimum Gasteiger partial charge on any atom is -0.299 e. The smallest absolute Gasteiger partial charge is 0.299 e. The van der Waals surface area contributed by atoms with Gasteiger partial charge in [-0.2, -0.15) is 0 Å². The Morgan fingerprint density at radius 2 is 1.70 bits per heavy atom. The van der Waals surface area contributed by atoms with Crippen molar-refractivity contribution < 1.29 is 0 Å². The monoisotopic (exact) mass is 379 g/mol. The summed E-state index contributed by atoms with van der Waals surface area (Å²) in [6.07, 6.45) is 2.00. The van der Waals surface area contributed by atoms with Crippen LogP contribution in [0.25, 0.3) is 16.9 Å². The SMILES string of the molecule is C=NCCn1c(=O)cc(-c2ccc(C)cc2)n(-c2ccc(SC)cc2)c1=O. The fourth-order valence-electron chi connectivity index (χ4n) is 2.87. The highest BCUT2D eigenvalue weighted by atomic mass is 32.2. The first-order valence-corrected chi connectivity index (χ1v) is 9.78. The number of aliphatic imine (C=N–C) groups is 1. The van der Waals surface area contributed by atoms with Gasteiger partial charge in [0.25, 0.3) is 5.56 Å². The Kier molecular flexibility index (Phi) is 5.76. The van der Waals surface area contributed by atoms with E-state index < -0.39 is 0 Å². The predicted octanol–water partition coefficient (Wildman–Crippen LogP) is 3.40. The van der Waals surface area contributed by atoms with Crippen LogP contribution in [0.5, 0.6) is 0 Å². The molecule has 0 saturated heterocycles. The largest absolute Gasteiger partial charge is 0.336 e. The summed E-state index contributed by atoms with van der Waals surface area (Å²) >= 11 is 1.63. The summed E-state index contributed by atoms with van der Waals surface area (Å²) in [6.45, 7) is 5.95. The number of hydrogen-bond donors (Lipinski definition) is 0. The number of benzene rings is 2. The molecule has 6 heteroatoms. The Hall–Kier alpha value is -2.86. The third-order valence-electron chi connectivity index (χ3n) is 4.35. The zero-order valence-electron chi connectivity index (χ0n) is 15.4. The molecule has 0 aliphatic rings. The van der Waals surface area contributed by atoms with E-state index >= 15 is 0 Å². The molecule has 1 aromatic heterocycles. The van der Waals surface area contributed by atoms with Crippen LogP contribution in [0.2, 0.25) is 0 Å². The van der Waals surface area contributed by atoms with E-state index in [9.17, 15) is 9.59 Å². The molecule has 0 aliphatic carbocycles. The number of aromatic nitrogens is 2. The van der Waals surface area contributed by atoms with Crippen LogP contribution >= 0.6 is 11.8 Å². The first-order chi connectivity index (χ1) is 13.0. The van der Waals surface area contributed by atoms with Gasteiger partial charge in [-0.3, -0.25) is 18.9 Å². The van der Waals surface area contributed by atoms with E-state index in [1.807, 2.05) is 61.7 Å². The summed E-state index contributed by atoms with van der Waals surface area (Å²) in [5.74, 6) is 0. The molecule has 0 unspecified atom stereocenters. The minimum absolute atomic E-state index is 0.207. The highest BCUT2D eigenvalue weighted by molar-refractivity contribution is 7.98. The summed E-state index contributed by atoms with van der Waals surface area (Å²) in [5.41, 5.74) is 2.51. The molecule has 3 rings (SSSR count). The molecule has 0 fully saturated rings. The fraction of sp³-hybridized carbons (Fsp3) is 0.190. The van der Waals surface area contributed by atoms with Crippen molar-refractivity contribution in [2.75, 3.05) is 12.8 Å². The van der Waals surface area contributed by atoms with Crippen molar-refractivity contribution in [1.29, 1.82) is 0 Å². The molecular weight excluding hydrogens is 358 g/mol. The lowest BCUT2D eigenvalue weighted by molar-refractivity contribution is 0.621. The van der Waals surface area contributed by atoms with Gasteiger partial charge in [0.1, 0.15) is 0 Å². The molecule has 0 saturated carbocycles. The second kappa shape index (κ2) is 8.22. The Bertz CT molecular complexity index is 1060. The molecule has 3 aromatic rings. The average molecular weight is 379 g/mol. The highest BCUT2D eigenvalue weighted by Gasteiger charge is 2.14. The van der Waals surface area contributed by atoms with Gasteiger partial charge in [-0.05, 0) is 49.7 Å². The molecule has 2 aromatic carbocycles. The van der Waals surface area contributed by atoms with Crippen molar-refractivity contribution in [2.45, 2.75) is 18.4 Å². The first kappa shape index (κ1) is 18.9. The number of aryl methyl sites for hydroxylation is 1. The first-order valence-electron chi connectivity index (χ1n) is 8.56. The maximum absolute atomic E-state index is 13.2. The average Bonchev–Trinajstić information content (AvgIpc) is 2.68. The molecule has 0 radical (unpaired) electrons. The Morgan fingerprint density at radius 3 is 2.30 bits per heavy atom. The van der Waals surface area contributed by atoms with Crippen molar-refractivity contribution in [2.24, 2.45) is 4.99 Å². The summed E-state index contributed by atoms with van der Waals surface area (Å²) in [4.78, 5) is 30.6. The molecule has 0 atom stereocenters. The van der Waals surface area contributed by atoms with E-state index in [0.717, 1.165) is 16.0 Å². The molecule has 1 heterocycles. The molecule has 5 nitrogen and oxygen atoms in total. The van der Waals surface area contributed by atoms with Gasteiger partial charge in [0, 0.05) is 11.0 Å². The standard InChI is InChI=1S/C21H21N3O2S/c1-15-4-6-16(7-5-15)19-14-20(25)23(13-12-22-2)21(26)24(19)17-8-10-18(27-3)11-9-17/h4-11,14H,2,12-13H2,1,3H3. The van der Waals surface area contributed by atoms with Crippen LogP contribution in [0.3, 0.4) is 0 Å². The van der Waals surface area contributed by atoms with Crippen LogP contribution in [-0.2, 0) is 6.54 Å². The Balaban J connectivity index is 2.28. The van der Waals surface area contributed by atoms with E-state index in [1.165, 1.54) is 10.6 Å². The second-order valence-electron chi connectivity index (χ2n) is 6.15. The van der Waals surface area contributed by atoms with Gasteiger partial charge >= 0.3 is 5.69 Å². The molecule has 138 valence electrons. The van der Waals surface area contributed by atoms with Gasteiger partial charge in [0.05, 0.1) is 24.5 Å². The van der Waals surface area contributed by atoms with Gasteiger partial charge in [0.15, 0.2) is 0 Å². The third-order valence-corrected chi connectivity index (χ3v) is 5.09. The quantitative estimate of drug-likeness (QED) is 0.487. The maximum atomic E-state index is 13.2. The van der Waals surface area contributed by atoms with Crippen LogP contribution in [0.15, 0.2) is 74.1 Å². The van der Waals surface area contributed by atoms with Gasteiger partial charge < -0.3 is 0 Å². The number of hydrogen-bond acceptors (Lipinski definition) is 4. The number of nitrogens with zero attached hydrogens (tertiary/aromatic N) is 3. The van der Waals surface area contributed by atoms with Crippen LogP contribution in [0.1, 0.15) is 5.56 Å². The van der Waals surface area contributed by atoms with Crippen LogP contribution in [0.4, 0.5) is 0 Å². The van der Waals surface area contributed by atoms with Crippen LogP contribution in [-0.4, -0.2) is 28.7 Å². The highest BCUT2D eigenvalue weighted by Crippen LogP contribution is 2.22. The normalized spacial score (nSPS) is 10.7. The summed E-state index contributed by atoms with van der Waals surface area (Å²) < 4.78 is 2.79. The Morgan fingerprint density at radius 1 is 1.04 bits per heavy atom. The van der Waals surface area contributed by atoms with Crippen molar-refractivity contribution in [3.8, 4) is 16.9 Å². The van der Waals surface area contributed by atoms with Crippen molar-refractivity contribution in [3.05, 3.63) is 81.0 Å². The summed E-state index contributed by atoms with van der Waals surface area (Å²) in [7, 11) is 0. The fourth-order valence-corrected chi connectivity index (χ4v) is 3.28. The Labute approximate surface area is 162 Å². The van der Waals surface area contributed by atoms with Crippen LogP contribution < -0.4 is 11.2 Å². The molecule has 0 N–H and O–H groups in total. The van der Waals surface area contributed by atoms with Gasteiger partial charge in [0.2, 0.25) is 0 Å². The van der Waals surface area contributed by atoms with E-state index in [-0.39, 0.29) is 17.8 Å². The van der Waals surface area contributed by atoms with Gasteiger partial charge in [-0.25, -0.2) is 4.79 Å². The van der Waals surface area contributed by atoms with Gasteiger partial charge in [-0.1, -0.05) is 29.8 Å². The van der Waals surface area contributed by atoms with E-state index in [2.05, 4.69) is 11.7 Å². The minimum atomic E-state index is -0.376. The van der Waals surface area contributed by atoms with E-state index in [1.54, 1.807) is 16.3 Å². The predicted molar refractivity (Wildman–Crippen MR) is 113 cm³/mol. The molecule has 0 aliphatic heterocycles. The number of rotatable bonds is 6. The zero-order valence-corrected chi connectivity index (χ0v) is 16.2. The van der Waals surface area contributed by atoms with Crippen LogP contribution in [0, 0.1) is 6.92 Å². The lowest BCUT2D eigenvalue weighted by Crippen LogP contribution is -2.40. The molecule has 27 heavy (non-hydrogen) atoms. The summed E-state index contributed by atoms with van der Waals surface area (Å²) in [5, 5.41) is 0. The molecule has 0 bridgehead atoms. The van der Waals surface area contributed by atoms with E-state index in [0.29, 0.717) is 17.9 Å². The van der Waals surface area contributed by atoms with Crippen molar-refractivity contribution in [3.63, 3.8) is 0 Å². The molecule has 0 spiro atoms. The topological polar surface area (TPSA) is 56.4 Å².